The molecule has 1 heterocycles. The van der Waals surface area contributed by atoms with Crippen LogP contribution in [0.1, 0.15) is 23.6 Å². The average molecular weight is 337 g/mol. The van der Waals surface area contributed by atoms with Crippen molar-refractivity contribution in [3.05, 3.63) is 89.5 Å². The van der Waals surface area contributed by atoms with Gasteiger partial charge in [-0.3, -0.25) is 0 Å². The Morgan fingerprint density at radius 3 is 1.88 bits per heavy atom. The van der Waals surface area contributed by atoms with Crippen molar-refractivity contribution in [3.8, 4) is 22.4 Å². The van der Waals surface area contributed by atoms with E-state index in [9.17, 15) is 0 Å². The van der Waals surface area contributed by atoms with Gasteiger partial charge in [0.25, 0.3) is 0 Å². The van der Waals surface area contributed by atoms with E-state index in [0.29, 0.717) is 0 Å². The van der Waals surface area contributed by atoms with Crippen LogP contribution in [-0.4, -0.2) is 4.98 Å². The van der Waals surface area contributed by atoms with Crippen molar-refractivity contribution in [2.75, 3.05) is 0 Å². The molecule has 0 spiro atoms. The van der Waals surface area contributed by atoms with Crippen molar-refractivity contribution in [2.24, 2.45) is 0 Å². The molecule has 0 radical (unpaired) electrons. The van der Waals surface area contributed by atoms with Crippen LogP contribution in [0.3, 0.4) is 0 Å². The highest BCUT2D eigenvalue weighted by Crippen LogP contribution is 2.39. The zero-order valence-corrected chi connectivity index (χ0v) is 15.6. The molecule has 0 aliphatic heterocycles. The third-order valence-electron chi connectivity index (χ3n) is 5.11. The van der Waals surface area contributed by atoms with Gasteiger partial charge in [0.05, 0.1) is 11.2 Å². The van der Waals surface area contributed by atoms with Gasteiger partial charge in [-0.25, -0.2) is 4.98 Å². The van der Waals surface area contributed by atoms with E-state index in [-0.39, 0.29) is 0 Å². The molecule has 0 N–H and O–H groups in total. The van der Waals surface area contributed by atoms with Crippen molar-refractivity contribution >= 4 is 10.9 Å². The Bertz CT molecular complexity index is 1060. The van der Waals surface area contributed by atoms with Gasteiger partial charge in [0, 0.05) is 10.9 Å². The maximum absolute atomic E-state index is 5.16. The SMILES string of the molecule is CCc1c(-c2ccccc2)nc2c(C)ccc(C)c2c1-c1ccccc1. The Morgan fingerprint density at radius 2 is 1.27 bits per heavy atom. The van der Waals surface area contributed by atoms with E-state index in [0.717, 1.165) is 17.6 Å². The minimum atomic E-state index is 0.949. The summed E-state index contributed by atoms with van der Waals surface area (Å²) in [4.78, 5) is 5.16. The third-order valence-corrected chi connectivity index (χ3v) is 5.11. The van der Waals surface area contributed by atoms with Crippen LogP contribution in [0.4, 0.5) is 0 Å². The Hall–Kier alpha value is -2.93. The molecule has 4 rings (SSSR count). The number of hydrogen-bond donors (Lipinski definition) is 0. The number of fused-ring (bicyclic) bond motifs is 1. The molecule has 0 bridgehead atoms. The lowest BCUT2D eigenvalue weighted by Gasteiger charge is -2.19. The molecule has 0 fully saturated rings. The average Bonchev–Trinajstić information content (AvgIpc) is 2.70. The molecule has 0 amide bonds. The van der Waals surface area contributed by atoms with Crippen LogP contribution in [0.2, 0.25) is 0 Å². The molecule has 1 aromatic heterocycles. The van der Waals surface area contributed by atoms with E-state index >= 15 is 0 Å². The molecule has 0 aliphatic carbocycles. The number of pyridine rings is 1. The van der Waals surface area contributed by atoms with Gasteiger partial charge in [-0.2, -0.15) is 0 Å². The lowest BCUT2D eigenvalue weighted by Crippen LogP contribution is -2.01. The Morgan fingerprint density at radius 1 is 0.692 bits per heavy atom. The highest BCUT2D eigenvalue weighted by Gasteiger charge is 2.18. The first-order valence-electron chi connectivity index (χ1n) is 9.24. The van der Waals surface area contributed by atoms with Gasteiger partial charge in [0.2, 0.25) is 0 Å². The molecule has 0 atom stereocenters. The van der Waals surface area contributed by atoms with E-state index in [1.165, 1.54) is 38.8 Å². The maximum atomic E-state index is 5.16. The number of aromatic nitrogens is 1. The molecule has 0 saturated heterocycles. The van der Waals surface area contributed by atoms with Crippen LogP contribution in [0.15, 0.2) is 72.8 Å². The van der Waals surface area contributed by atoms with Gasteiger partial charge in [-0.05, 0) is 48.1 Å². The monoisotopic (exact) mass is 337 g/mol. The second-order valence-corrected chi connectivity index (χ2v) is 6.82. The maximum Gasteiger partial charge on any atom is 0.0747 e. The van der Waals surface area contributed by atoms with Gasteiger partial charge < -0.3 is 0 Å². The lowest BCUT2D eigenvalue weighted by molar-refractivity contribution is 1.12. The van der Waals surface area contributed by atoms with Crippen LogP contribution < -0.4 is 0 Å². The van der Waals surface area contributed by atoms with Gasteiger partial charge in [0.15, 0.2) is 0 Å². The van der Waals surface area contributed by atoms with Gasteiger partial charge in [0.1, 0.15) is 0 Å². The minimum Gasteiger partial charge on any atom is -0.247 e. The highest BCUT2D eigenvalue weighted by molar-refractivity contribution is 6.02. The fourth-order valence-corrected chi connectivity index (χ4v) is 3.81. The summed E-state index contributed by atoms with van der Waals surface area (Å²) in [6.07, 6.45) is 0.949. The van der Waals surface area contributed by atoms with Crippen molar-refractivity contribution in [3.63, 3.8) is 0 Å². The summed E-state index contributed by atoms with van der Waals surface area (Å²) in [5.74, 6) is 0. The summed E-state index contributed by atoms with van der Waals surface area (Å²) < 4.78 is 0. The summed E-state index contributed by atoms with van der Waals surface area (Å²) in [7, 11) is 0. The van der Waals surface area contributed by atoms with Gasteiger partial charge >= 0.3 is 0 Å². The summed E-state index contributed by atoms with van der Waals surface area (Å²) in [5, 5.41) is 1.28. The lowest BCUT2D eigenvalue weighted by atomic mass is 9.88. The Labute approximate surface area is 155 Å². The fraction of sp³-hybridized carbons (Fsp3) is 0.160. The predicted molar refractivity (Wildman–Crippen MR) is 111 cm³/mol. The third kappa shape index (κ3) is 2.70. The van der Waals surface area contributed by atoms with Crippen LogP contribution in [-0.2, 0) is 6.42 Å². The molecule has 1 nitrogen and oxygen atoms in total. The van der Waals surface area contributed by atoms with E-state index in [4.69, 9.17) is 4.98 Å². The molecule has 0 aliphatic rings. The molecule has 26 heavy (non-hydrogen) atoms. The number of benzene rings is 3. The van der Waals surface area contributed by atoms with E-state index in [1.807, 2.05) is 0 Å². The fourth-order valence-electron chi connectivity index (χ4n) is 3.81. The zero-order valence-electron chi connectivity index (χ0n) is 15.6. The van der Waals surface area contributed by atoms with Crippen LogP contribution in [0, 0.1) is 13.8 Å². The second kappa shape index (κ2) is 6.76. The summed E-state index contributed by atoms with van der Waals surface area (Å²) in [5.41, 5.74) is 9.83. The van der Waals surface area contributed by atoms with Crippen molar-refractivity contribution in [2.45, 2.75) is 27.2 Å². The first kappa shape index (κ1) is 16.5. The Balaban J connectivity index is 2.20. The van der Waals surface area contributed by atoms with E-state index < -0.39 is 0 Å². The number of aryl methyl sites for hydroxylation is 2. The summed E-state index contributed by atoms with van der Waals surface area (Å²) in [6, 6.07) is 25.7. The molecule has 1 heteroatoms. The normalized spacial score (nSPS) is 11.0. The van der Waals surface area contributed by atoms with Gasteiger partial charge in [-0.1, -0.05) is 79.7 Å². The molecular formula is C25H23N. The minimum absolute atomic E-state index is 0.949. The molecule has 0 unspecified atom stereocenters. The standard InChI is InChI=1S/C25H23N/c1-4-21-23(19-11-7-5-8-12-19)22-17(2)15-16-18(3)24(22)26-25(21)20-13-9-6-10-14-20/h5-16H,4H2,1-3H3. The van der Waals surface area contributed by atoms with E-state index in [2.05, 4.69) is 93.6 Å². The first-order chi connectivity index (χ1) is 12.7. The highest BCUT2D eigenvalue weighted by atomic mass is 14.7. The molecule has 0 saturated carbocycles. The van der Waals surface area contributed by atoms with Crippen LogP contribution in [0.25, 0.3) is 33.3 Å². The molecule has 4 aromatic rings. The number of rotatable bonds is 3. The summed E-state index contributed by atoms with van der Waals surface area (Å²) in [6.45, 7) is 6.58. The largest absolute Gasteiger partial charge is 0.247 e. The van der Waals surface area contributed by atoms with Crippen molar-refractivity contribution < 1.29 is 0 Å². The topological polar surface area (TPSA) is 12.9 Å². The van der Waals surface area contributed by atoms with Crippen molar-refractivity contribution in [1.82, 2.24) is 4.98 Å². The zero-order chi connectivity index (χ0) is 18.1. The van der Waals surface area contributed by atoms with Crippen molar-refractivity contribution in [1.29, 1.82) is 0 Å². The van der Waals surface area contributed by atoms with Crippen LogP contribution >= 0.6 is 0 Å². The second-order valence-electron chi connectivity index (χ2n) is 6.82. The number of hydrogen-bond acceptors (Lipinski definition) is 1. The first-order valence-corrected chi connectivity index (χ1v) is 9.24. The predicted octanol–water partition coefficient (Wildman–Crippen LogP) is 6.75. The number of nitrogens with zero attached hydrogens (tertiary/aromatic N) is 1. The molecular weight excluding hydrogens is 314 g/mol. The van der Waals surface area contributed by atoms with Crippen LogP contribution in [0.5, 0.6) is 0 Å². The summed E-state index contributed by atoms with van der Waals surface area (Å²) >= 11 is 0. The quantitative estimate of drug-likeness (QED) is 0.403. The molecule has 128 valence electrons. The molecule has 3 aromatic carbocycles. The van der Waals surface area contributed by atoms with Gasteiger partial charge in [-0.15, -0.1) is 0 Å². The smallest absolute Gasteiger partial charge is 0.0747 e. The Kier molecular flexibility index (Phi) is 4.30. The van der Waals surface area contributed by atoms with E-state index in [1.54, 1.807) is 0 Å².